The molecule has 86 valence electrons. The summed E-state index contributed by atoms with van der Waals surface area (Å²) in [4.78, 5) is 13.2. The lowest BCUT2D eigenvalue weighted by molar-refractivity contribution is -0.116. The number of carbonyl (C=O) groups excluding carboxylic acids is 1. The van der Waals surface area contributed by atoms with E-state index in [1.165, 1.54) is 5.56 Å². The predicted molar refractivity (Wildman–Crippen MR) is 67.0 cm³/mol. The molecular weight excluding hydrogens is 200 g/mol. The number of hydrogen-bond donors (Lipinski definition) is 1. The summed E-state index contributed by atoms with van der Waals surface area (Å²) in [5, 5.41) is 3.36. The van der Waals surface area contributed by atoms with E-state index in [0.717, 1.165) is 37.3 Å². The number of hydrogen-bond acceptors (Lipinski definition) is 2. The van der Waals surface area contributed by atoms with E-state index in [1.54, 1.807) is 6.92 Å². The van der Waals surface area contributed by atoms with Crippen molar-refractivity contribution >= 4 is 17.3 Å². The molecule has 0 atom stereocenters. The van der Waals surface area contributed by atoms with Gasteiger partial charge in [-0.05, 0) is 36.6 Å². The highest BCUT2D eigenvalue weighted by Crippen LogP contribution is 2.30. The lowest BCUT2D eigenvalue weighted by atomic mass is 10.1. The number of fused-ring (bicyclic) bond motifs is 1. The maximum Gasteiger partial charge on any atom is 0.223 e. The first-order valence-electron chi connectivity index (χ1n) is 5.87. The van der Waals surface area contributed by atoms with Crippen molar-refractivity contribution in [2.45, 2.75) is 26.7 Å². The summed E-state index contributed by atoms with van der Waals surface area (Å²) in [7, 11) is 0. The number of benzene rings is 1. The zero-order chi connectivity index (χ0) is 11.5. The van der Waals surface area contributed by atoms with Crippen molar-refractivity contribution in [1.82, 2.24) is 0 Å². The van der Waals surface area contributed by atoms with Crippen molar-refractivity contribution < 1.29 is 4.79 Å². The molecule has 16 heavy (non-hydrogen) atoms. The Morgan fingerprint density at radius 3 is 3.00 bits per heavy atom. The topological polar surface area (TPSA) is 32.3 Å². The molecular formula is C13H18N2O. The van der Waals surface area contributed by atoms with E-state index in [2.05, 4.69) is 24.4 Å². The summed E-state index contributed by atoms with van der Waals surface area (Å²) in [5.74, 6) is 0.132. The Hall–Kier alpha value is -1.51. The van der Waals surface area contributed by atoms with Crippen LogP contribution in [0.4, 0.5) is 11.4 Å². The lowest BCUT2D eigenvalue weighted by Crippen LogP contribution is -2.25. The molecule has 1 aliphatic heterocycles. The Labute approximate surface area is 96.5 Å². The van der Waals surface area contributed by atoms with Crippen LogP contribution in [0.1, 0.15) is 25.8 Å². The first-order valence-corrected chi connectivity index (χ1v) is 5.87. The van der Waals surface area contributed by atoms with Crippen LogP contribution in [0.25, 0.3) is 0 Å². The molecule has 1 aliphatic rings. The quantitative estimate of drug-likeness (QED) is 0.845. The van der Waals surface area contributed by atoms with Gasteiger partial charge in [-0.2, -0.15) is 0 Å². The van der Waals surface area contributed by atoms with Gasteiger partial charge in [-0.3, -0.25) is 4.79 Å². The maximum atomic E-state index is 11.4. The van der Waals surface area contributed by atoms with E-state index in [-0.39, 0.29) is 5.91 Å². The third kappa shape index (κ3) is 2.03. The fourth-order valence-electron chi connectivity index (χ4n) is 2.11. The van der Waals surface area contributed by atoms with Gasteiger partial charge in [0, 0.05) is 31.4 Å². The van der Waals surface area contributed by atoms with Crippen molar-refractivity contribution in [2.75, 3.05) is 23.3 Å². The summed E-state index contributed by atoms with van der Waals surface area (Å²) in [6.45, 7) is 5.59. The molecule has 0 saturated heterocycles. The first-order chi connectivity index (χ1) is 7.72. The van der Waals surface area contributed by atoms with Gasteiger partial charge in [-0.15, -0.1) is 0 Å². The van der Waals surface area contributed by atoms with Gasteiger partial charge in [0.15, 0.2) is 0 Å². The number of rotatable bonds is 3. The number of carbonyl (C=O) groups is 1. The number of nitrogens with one attached hydrogen (secondary N) is 1. The highest BCUT2D eigenvalue weighted by Gasteiger charge is 2.21. The Balaban J connectivity index is 2.19. The van der Waals surface area contributed by atoms with Crippen LogP contribution in [0.15, 0.2) is 18.2 Å². The van der Waals surface area contributed by atoms with E-state index in [9.17, 15) is 4.79 Å². The fourth-order valence-corrected chi connectivity index (χ4v) is 2.11. The van der Waals surface area contributed by atoms with Crippen LogP contribution in [-0.2, 0) is 11.2 Å². The van der Waals surface area contributed by atoms with Gasteiger partial charge >= 0.3 is 0 Å². The highest BCUT2D eigenvalue weighted by molar-refractivity contribution is 5.94. The summed E-state index contributed by atoms with van der Waals surface area (Å²) in [6, 6.07) is 6.26. The summed E-state index contributed by atoms with van der Waals surface area (Å²) in [5.41, 5.74) is 3.51. The molecule has 1 heterocycles. The SMILES string of the molecule is CCCNc1ccc2c(c1)CCN2C(C)=O. The molecule has 1 amide bonds. The van der Waals surface area contributed by atoms with Crippen LogP contribution in [0.5, 0.6) is 0 Å². The maximum absolute atomic E-state index is 11.4. The van der Waals surface area contributed by atoms with E-state index >= 15 is 0 Å². The van der Waals surface area contributed by atoms with Gasteiger partial charge in [0.2, 0.25) is 5.91 Å². The highest BCUT2D eigenvalue weighted by atomic mass is 16.2. The Morgan fingerprint density at radius 2 is 2.31 bits per heavy atom. The normalized spacial score (nSPS) is 13.8. The van der Waals surface area contributed by atoms with Gasteiger partial charge in [-0.1, -0.05) is 6.92 Å². The molecule has 0 saturated carbocycles. The van der Waals surface area contributed by atoms with Crippen LogP contribution in [0.3, 0.4) is 0 Å². The standard InChI is InChI=1S/C13H18N2O/c1-3-7-14-12-4-5-13-11(9-12)6-8-15(13)10(2)16/h4-5,9,14H,3,6-8H2,1-2H3. The van der Waals surface area contributed by atoms with Crippen LogP contribution < -0.4 is 10.2 Å². The zero-order valence-electron chi connectivity index (χ0n) is 9.92. The predicted octanol–water partition coefficient (Wildman–Crippen LogP) is 2.42. The van der Waals surface area contributed by atoms with Gasteiger partial charge in [0.25, 0.3) is 0 Å². The molecule has 0 bridgehead atoms. The molecule has 0 aromatic heterocycles. The van der Waals surface area contributed by atoms with Crippen molar-refractivity contribution in [1.29, 1.82) is 0 Å². The number of anilines is 2. The van der Waals surface area contributed by atoms with Gasteiger partial charge < -0.3 is 10.2 Å². The summed E-state index contributed by atoms with van der Waals surface area (Å²) < 4.78 is 0. The first kappa shape index (κ1) is 11.0. The third-order valence-electron chi connectivity index (χ3n) is 2.93. The van der Waals surface area contributed by atoms with E-state index < -0.39 is 0 Å². The Bertz CT molecular complexity index is 401. The second-order valence-corrected chi connectivity index (χ2v) is 4.19. The smallest absolute Gasteiger partial charge is 0.223 e. The Kier molecular flexibility index (Phi) is 3.13. The van der Waals surface area contributed by atoms with Gasteiger partial charge in [0.05, 0.1) is 0 Å². The minimum absolute atomic E-state index is 0.132. The molecule has 0 unspecified atom stereocenters. The van der Waals surface area contributed by atoms with Gasteiger partial charge in [-0.25, -0.2) is 0 Å². The lowest BCUT2D eigenvalue weighted by Gasteiger charge is -2.15. The molecule has 0 radical (unpaired) electrons. The Morgan fingerprint density at radius 1 is 1.50 bits per heavy atom. The van der Waals surface area contributed by atoms with Gasteiger partial charge in [0.1, 0.15) is 0 Å². The van der Waals surface area contributed by atoms with Crippen LogP contribution in [0.2, 0.25) is 0 Å². The van der Waals surface area contributed by atoms with Crippen molar-refractivity contribution in [3.05, 3.63) is 23.8 Å². The molecule has 2 rings (SSSR count). The monoisotopic (exact) mass is 218 g/mol. The molecule has 3 heteroatoms. The molecule has 1 N–H and O–H groups in total. The minimum Gasteiger partial charge on any atom is -0.385 e. The molecule has 0 fully saturated rings. The van der Waals surface area contributed by atoms with Crippen molar-refractivity contribution in [3.63, 3.8) is 0 Å². The largest absolute Gasteiger partial charge is 0.385 e. The molecule has 1 aromatic rings. The average molecular weight is 218 g/mol. The number of amides is 1. The van der Waals surface area contributed by atoms with Crippen LogP contribution >= 0.6 is 0 Å². The molecule has 0 aliphatic carbocycles. The fraction of sp³-hybridized carbons (Fsp3) is 0.462. The van der Waals surface area contributed by atoms with E-state index in [4.69, 9.17) is 0 Å². The average Bonchev–Trinajstić information content (AvgIpc) is 2.69. The van der Waals surface area contributed by atoms with Crippen molar-refractivity contribution in [3.8, 4) is 0 Å². The van der Waals surface area contributed by atoms with Crippen LogP contribution in [0, 0.1) is 0 Å². The van der Waals surface area contributed by atoms with E-state index in [1.807, 2.05) is 11.0 Å². The number of nitrogens with zero attached hydrogens (tertiary/aromatic N) is 1. The van der Waals surface area contributed by atoms with Crippen molar-refractivity contribution in [2.24, 2.45) is 0 Å². The molecule has 3 nitrogen and oxygen atoms in total. The minimum atomic E-state index is 0.132. The third-order valence-corrected chi connectivity index (χ3v) is 2.93. The second kappa shape index (κ2) is 4.56. The zero-order valence-corrected chi connectivity index (χ0v) is 9.92. The molecule has 0 spiro atoms. The summed E-state index contributed by atoms with van der Waals surface area (Å²) in [6.07, 6.45) is 2.09. The van der Waals surface area contributed by atoms with Crippen LogP contribution in [-0.4, -0.2) is 19.0 Å². The second-order valence-electron chi connectivity index (χ2n) is 4.19. The molecule has 1 aromatic carbocycles. The van der Waals surface area contributed by atoms with E-state index in [0.29, 0.717) is 0 Å². The summed E-state index contributed by atoms with van der Waals surface area (Å²) >= 11 is 0.